The molecule has 2 heteroatoms. The summed E-state index contributed by atoms with van der Waals surface area (Å²) in [5.74, 6) is -0.928. The van der Waals surface area contributed by atoms with Crippen molar-refractivity contribution in [3.05, 3.63) is 41.5 Å². The molecule has 0 spiro atoms. The molecule has 0 aromatic heterocycles. The summed E-state index contributed by atoms with van der Waals surface area (Å²) in [6, 6.07) is 8.31. The van der Waals surface area contributed by atoms with Crippen molar-refractivity contribution in [2.24, 2.45) is 0 Å². The van der Waals surface area contributed by atoms with E-state index in [2.05, 4.69) is 6.07 Å². The quantitative estimate of drug-likeness (QED) is 0.672. The lowest BCUT2D eigenvalue weighted by molar-refractivity contribution is -0.131. The Labute approximate surface area is 71.2 Å². The normalized spacial score (nSPS) is 10.4. The maximum atomic E-state index is 10.2. The predicted octanol–water partition coefficient (Wildman–Crippen LogP) is 1.89. The van der Waals surface area contributed by atoms with Gasteiger partial charge in [0, 0.05) is 6.08 Å². The molecule has 0 bridgehead atoms. The van der Waals surface area contributed by atoms with Crippen LogP contribution in [0.2, 0.25) is 0 Å². The number of aliphatic carboxylic acids is 1. The van der Waals surface area contributed by atoms with E-state index in [-0.39, 0.29) is 0 Å². The summed E-state index contributed by atoms with van der Waals surface area (Å²) in [7, 11) is 0. The fraction of sp³-hybridized carbons (Fsp3) is 0.100. The summed E-state index contributed by atoms with van der Waals surface area (Å²) in [6.07, 6.45) is 2.70. The van der Waals surface area contributed by atoms with Crippen LogP contribution < -0.4 is 0 Å². The lowest BCUT2D eigenvalue weighted by Gasteiger charge is -1.96. The summed E-state index contributed by atoms with van der Waals surface area (Å²) >= 11 is 0. The molecule has 0 saturated carbocycles. The predicted molar refractivity (Wildman–Crippen MR) is 46.7 cm³/mol. The second kappa shape index (κ2) is 3.72. The summed E-state index contributed by atoms with van der Waals surface area (Å²) in [6.45, 7) is 1.91. The van der Waals surface area contributed by atoms with E-state index in [1.807, 2.05) is 19.1 Å². The molecule has 0 amide bonds. The van der Waals surface area contributed by atoms with Crippen LogP contribution in [-0.4, -0.2) is 11.1 Å². The highest BCUT2D eigenvalue weighted by molar-refractivity contribution is 5.85. The molecule has 1 aromatic rings. The first-order valence-corrected chi connectivity index (χ1v) is 3.58. The van der Waals surface area contributed by atoms with Crippen LogP contribution >= 0.6 is 0 Å². The van der Waals surface area contributed by atoms with E-state index in [9.17, 15) is 4.79 Å². The number of carbonyl (C=O) groups is 1. The van der Waals surface area contributed by atoms with Crippen molar-refractivity contribution in [2.45, 2.75) is 6.92 Å². The molecular weight excluding hydrogens is 152 g/mol. The number of hydrogen-bond donors (Lipinski definition) is 1. The van der Waals surface area contributed by atoms with Crippen LogP contribution in [0.25, 0.3) is 6.08 Å². The number of carboxylic acids is 1. The van der Waals surface area contributed by atoms with E-state index in [1.165, 1.54) is 0 Å². The van der Waals surface area contributed by atoms with Crippen molar-refractivity contribution in [3.63, 3.8) is 0 Å². The first kappa shape index (κ1) is 8.53. The average Bonchev–Trinajstić information content (AvgIpc) is 2.03. The molecule has 12 heavy (non-hydrogen) atoms. The Balaban J connectivity index is 2.89. The van der Waals surface area contributed by atoms with E-state index in [1.54, 1.807) is 12.1 Å². The molecule has 1 rings (SSSR count). The number of hydrogen-bond acceptors (Lipinski definition) is 1. The maximum Gasteiger partial charge on any atom is 0.328 e. The molecule has 0 aliphatic carbocycles. The molecule has 0 saturated heterocycles. The molecule has 0 heterocycles. The van der Waals surface area contributed by atoms with Gasteiger partial charge in [-0.2, -0.15) is 0 Å². The molecular formula is C10H9O2. The zero-order valence-corrected chi connectivity index (χ0v) is 6.74. The van der Waals surface area contributed by atoms with Gasteiger partial charge in [-0.3, -0.25) is 0 Å². The molecule has 0 atom stereocenters. The van der Waals surface area contributed by atoms with Gasteiger partial charge in [0.1, 0.15) is 0 Å². The summed E-state index contributed by atoms with van der Waals surface area (Å²) in [5.41, 5.74) is 1.94. The van der Waals surface area contributed by atoms with Crippen molar-refractivity contribution in [1.29, 1.82) is 0 Å². The Hall–Kier alpha value is -1.57. The van der Waals surface area contributed by atoms with Crippen molar-refractivity contribution in [1.82, 2.24) is 0 Å². The number of carboxylic acid groups (broad SMARTS) is 1. The molecule has 1 N–H and O–H groups in total. The average molecular weight is 161 g/mol. The zero-order chi connectivity index (χ0) is 8.97. The highest BCUT2D eigenvalue weighted by atomic mass is 16.4. The largest absolute Gasteiger partial charge is 0.478 e. The van der Waals surface area contributed by atoms with Gasteiger partial charge in [-0.25, -0.2) is 4.79 Å². The Morgan fingerprint density at radius 2 is 2.42 bits per heavy atom. The Kier molecular flexibility index (Phi) is 2.64. The minimum atomic E-state index is -0.928. The highest BCUT2D eigenvalue weighted by Gasteiger charge is 1.92. The minimum Gasteiger partial charge on any atom is -0.478 e. The van der Waals surface area contributed by atoms with Gasteiger partial charge in [-0.1, -0.05) is 18.2 Å². The van der Waals surface area contributed by atoms with Gasteiger partial charge in [0.2, 0.25) is 0 Å². The lowest BCUT2D eigenvalue weighted by atomic mass is 10.1. The highest BCUT2D eigenvalue weighted by Crippen LogP contribution is 2.07. The summed E-state index contributed by atoms with van der Waals surface area (Å²) < 4.78 is 0. The van der Waals surface area contributed by atoms with Crippen LogP contribution in [0.5, 0.6) is 0 Å². The molecule has 61 valence electrons. The van der Waals surface area contributed by atoms with Gasteiger partial charge in [-0.15, -0.1) is 0 Å². The molecule has 0 aliphatic rings. The van der Waals surface area contributed by atoms with Crippen molar-refractivity contribution >= 4 is 12.0 Å². The third-order valence-corrected chi connectivity index (χ3v) is 1.52. The zero-order valence-electron chi connectivity index (χ0n) is 6.74. The lowest BCUT2D eigenvalue weighted by Crippen LogP contribution is -1.86. The second-order valence-electron chi connectivity index (χ2n) is 2.45. The van der Waals surface area contributed by atoms with Gasteiger partial charge < -0.3 is 5.11 Å². The monoisotopic (exact) mass is 161 g/mol. The molecule has 1 aromatic carbocycles. The molecule has 0 fully saturated rings. The molecule has 0 unspecified atom stereocenters. The topological polar surface area (TPSA) is 37.3 Å². The van der Waals surface area contributed by atoms with E-state index in [0.717, 1.165) is 17.2 Å². The van der Waals surface area contributed by atoms with E-state index in [0.29, 0.717) is 0 Å². The minimum absolute atomic E-state index is 0.913. The third-order valence-electron chi connectivity index (χ3n) is 1.52. The van der Waals surface area contributed by atoms with Gasteiger partial charge in [0.25, 0.3) is 0 Å². The van der Waals surface area contributed by atoms with E-state index in [4.69, 9.17) is 5.11 Å². The fourth-order valence-electron chi connectivity index (χ4n) is 0.874. The Morgan fingerprint density at radius 3 is 3.00 bits per heavy atom. The van der Waals surface area contributed by atoms with Gasteiger partial charge >= 0.3 is 5.97 Å². The van der Waals surface area contributed by atoms with Gasteiger partial charge in [-0.05, 0) is 30.2 Å². The van der Waals surface area contributed by atoms with Gasteiger partial charge in [0.15, 0.2) is 0 Å². The summed E-state index contributed by atoms with van der Waals surface area (Å²) in [4.78, 5) is 10.2. The van der Waals surface area contributed by atoms with Crippen molar-refractivity contribution in [2.75, 3.05) is 0 Å². The van der Waals surface area contributed by atoms with Crippen molar-refractivity contribution in [3.8, 4) is 0 Å². The number of rotatable bonds is 2. The van der Waals surface area contributed by atoms with Crippen LogP contribution in [0, 0.1) is 13.0 Å². The number of benzene rings is 1. The molecule has 2 nitrogen and oxygen atoms in total. The van der Waals surface area contributed by atoms with E-state index >= 15 is 0 Å². The Bertz CT molecular complexity index is 313. The van der Waals surface area contributed by atoms with Crippen LogP contribution in [0.3, 0.4) is 0 Å². The molecule has 0 aliphatic heterocycles. The van der Waals surface area contributed by atoms with Gasteiger partial charge in [0.05, 0.1) is 0 Å². The first-order valence-electron chi connectivity index (χ1n) is 3.58. The third kappa shape index (κ3) is 2.23. The van der Waals surface area contributed by atoms with Crippen LogP contribution in [-0.2, 0) is 4.79 Å². The fourth-order valence-corrected chi connectivity index (χ4v) is 0.874. The van der Waals surface area contributed by atoms with Crippen molar-refractivity contribution < 1.29 is 9.90 Å². The Morgan fingerprint density at radius 1 is 1.67 bits per heavy atom. The molecule has 1 radical (unpaired) electrons. The smallest absolute Gasteiger partial charge is 0.328 e. The van der Waals surface area contributed by atoms with Crippen LogP contribution in [0.15, 0.2) is 24.3 Å². The summed E-state index contributed by atoms with van der Waals surface area (Å²) in [5, 5.41) is 8.37. The first-order chi connectivity index (χ1) is 5.70. The number of aryl methyl sites for hydroxylation is 1. The van der Waals surface area contributed by atoms with Crippen LogP contribution in [0.1, 0.15) is 11.1 Å². The SMILES string of the molecule is Cc1c[c]ccc1/C=C/C(=O)O. The second-order valence-corrected chi connectivity index (χ2v) is 2.45. The maximum absolute atomic E-state index is 10.2. The standard InChI is InChI=1S/C10H9O2/c1-8-4-2-3-5-9(8)6-7-10(11)12/h3-7H,1H3,(H,11,12)/b7-6+. The van der Waals surface area contributed by atoms with E-state index < -0.39 is 5.97 Å². The van der Waals surface area contributed by atoms with Crippen LogP contribution in [0.4, 0.5) is 0 Å².